The Morgan fingerprint density at radius 3 is 2.30 bits per heavy atom. The maximum Gasteiger partial charge on any atom is 0.411 e. The molecule has 2 aliphatic heterocycles. The molecule has 2 aromatic rings. The van der Waals surface area contributed by atoms with E-state index in [4.69, 9.17) is 28.4 Å². The highest BCUT2D eigenvalue weighted by atomic mass is 16.6. The van der Waals surface area contributed by atoms with Gasteiger partial charge in [0.1, 0.15) is 36.1 Å². The molecule has 0 saturated carbocycles. The summed E-state index contributed by atoms with van der Waals surface area (Å²) in [6.07, 6.45) is -0.551. The monoisotopic (exact) mass is 778 g/mol. The minimum Gasteiger partial charge on any atom is -0.488 e. The van der Waals surface area contributed by atoms with Crippen LogP contribution < -0.4 is 4.74 Å². The van der Waals surface area contributed by atoms with Crippen molar-refractivity contribution in [1.82, 2.24) is 9.80 Å². The fourth-order valence-corrected chi connectivity index (χ4v) is 7.15. The molecule has 0 N–H and O–H groups in total. The number of likely N-dealkylation sites (tertiary alicyclic amines) is 1. The van der Waals surface area contributed by atoms with Crippen molar-refractivity contribution in [2.45, 2.75) is 117 Å². The van der Waals surface area contributed by atoms with Crippen LogP contribution in [0.1, 0.15) is 106 Å². The molecule has 2 amide bonds. The van der Waals surface area contributed by atoms with Gasteiger partial charge in [0.2, 0.25) is 5.78 Å². The highest BCUT2D eigenvalue weighted by Gasteiger charge is 2.42. The van der Waals surface area contributed by atoms with Gasteiger partial charge in [-0.1, -0.05) is 19.1 Å². The quantitative estimate of drug-likeness (QED) is 0.142. The third kappa shape index (κ3) is 10.2. The third-order valence-electron chi connectivity index (χ3n) is 9.66. The minimum absolute atomic E-state index is 0.0811. The molecule has 2 heterocycles. The summed E-state index contributed by atoms with van der Waals surface area (Å²) in [5, 5.41) is 0. The van der Waals surface area contributed by atoms with E-state index >= 15 is 0 Å². The lowest BCUT2D eigenvalue weighted by Gasteiger charge is -2.30. The first-order valence-corrected chi connectivity index (χ1v) is 19.1. The number of amides is 2. The van der Waals surface area contributed by atoms with Crippen LogP contribution in [-0.4, -0.2) is 108 Å². The van der Waals surface area contributed by atoms with Gasteiger partial charge >= 0.3 is 24.1 Å². The number of fused-ring (bicyclic) bond motifs is 4. The zero-order valence-corrected chi connectivity index (χ0v) is 33.9. The molecule has 5 rings (SSSR count). The molecule has 2 aromatic carbocycles. The normalized spacial score (nSPS) is 19.4. The lowest BCUT2D eigenvalue weighted by atomic mass is 9.84. The van der Waals surface area contributed by atoms with Crippen molar-refractivity contribution in [1.29, 1.82) is 0 Å². The number of aryl methyl sites for hydroxylation is 1. The highest BCUT2D eigenvalue weighted by molar-refractivity contribution is 6.04. The summed E-state index contributed by atoms with van der Waals surface area (Å²) in [6, 6.07) is 7.68. The van der Waals surface area contributed by atoms with E-state index in [-0.39, 0.29) is 43.9 Å². The molecule has 0 spiro atoms. The number of ether oxygens (including phenoxy) is 6. The van der Waals surface area contributed by atoms with Crippen LogP contribution in [0.25, 0.3) is 11.1 Å². The number of methoxy groups -OCH3 is 1. The molecule has 3 aliphatic rings. The second-order valence-corrected chi connectivity index (χ2v) is 16.8. The molecule has 1 fully saturated rings. The molecule has 1 aliphatic carbocycles. The molecule has 4 atom stereocenters. The number of nitrogens with zero attached hydrogens (tertiary/aromatic N) is 2. The molecular weight excluding hydrogens is 724 g/mol. The van der Waals surface area contributed by atoms with Crippen LogP contribution in [0.3, 0.4) is 0 Å². The maximum atomic E-state index is 13.6. The molecule has 1 saturated heterocycles. The van der Waals surface area contributed by atoms with Gasteiger partial charge in [-0.3, -0.25) is 24.2 Å². The molecule has 56 heavy (non-hydrogen) atoms. The van der Waals surface area contributed by atoms with Crippen LogP contribution in [0.5, 0.6) is 5.75 Å². The summed E-state index contributed by atoms with van der Waals surface area (Å²) in [6.45, 7) is 14.0. The van der Waals surface area contributed by atoms with Gasteiger partial charge in [-0.15, -0.1) is 0 Å². The summed E-state index contributed by atoms with van der Waals surface area (Å²) in [5.74, 6) is -1.74. The molecule has 304 valence electrons. The zero-order valence-electron chi connectivity index (χ0n) is 33.9. The Labute approximate surface area is 328 Å². The predicted molar refractivity (Wildman–Crippen MR) is 203 cm³/mol. The Morgan fingerprint density at radius 1 is 0.911 bits per heavy atom. The third-order valence-corrected chi connectivity index (χ3v) is 9.66. The first kappa shape index (κ1) is 42.2. The molecule has 1 unspecified atom stereocenters. The van der Waals surface area contributed by atoms with Crippen LogP contribution in [0.4, 0.5) is 9.59 Å². The van der Waals surface area contributed by atoms with E-state index < -0.39 is 59.9 Å². The highest BCUT2D eigenvalue weighted by Crippen LogP contribution is 2.41. The number of benzene rings is 2. The average Bonchev–Trinajstić information content (AvgIpc) is 3.50. The van der Waals surface area contributed by atoms with E-state index in [2.05, 4.69) is 0 Å². The topological polar surface area (TPSA) is 164 Å². The summed E-state index contributed by atoms with van der Waals surface area (Å²) in [5.41, 5.74) is 2.35. The zero-order chi connectivity index (χ0) is 41.1. The standard InChI is InChI=1S/C42H54N2O12/c1-24(21-51-9)19-43(39(49)55-41(3,4)5)20-36(46)54-34-15-12-26-17-31-29-13-11-27(16-28(29)22-52-35(31)18-30(26)37(34)47)33(45)23-53-38(48)32-14-10-25(2)44(32)40(50)56-42(6,7)8/h11,13,16-18,24-25,32,34H,10,12,14-15,19-23H2,1-9H3/t24-,25-,32-,34?/m0/s1. The summed E-state index contributed by atoms with van der Waals surface area (Å²) in [4.78, 5) is 81.4. The van der Waals surface area contributed by atoms with Crippen molar-refractivity contribution in [2.24, 2.45) is 5.92 Å². The van der Waals surface area contributed by atoms with E-state index in [9.17, 15) is 28.8 Å². The second-order valence-electron chi connectivity index (χ2n) is 16.8. The van der Waals surface area contributed by atoms with Gasteiger partial charge in [0.05, 0.1) is 6.61 Å². The van der Waals surface area contributed by atoms with Crippen LogP contribution in [-0.2, 0) is 46.3 Å². The van der Waals surface area contributed by atoms with Gasteiger partial charge < -0.3 is 28.4 Å². The predicted octanol–water partition coefficient (Wildman–Crippen LogP) is 6.32. The van der Waals surface area contributed by atoms with Crippen molar-refractivity contribution >= 4 is 35.7 Å². The number of rotatable bonds is 11. The lowest BCUT2D eigenvalue weighted by Crippen LogP contribution is -2.47. The van der Waals surface area contributed by atoms with Gasteiger partial charge in [0.25, 0.3) is 0 Å². The van der Waals surface area contributed by atoms with E-state index in [1.165, 1.54) is 9.80 Å². The van der Waals surface area contributed by atoms with Crippen LogP contribution >= 0.6 is 0 Å². The molecule has 14 nitrogen and oxygen atoms in total. The van der Waals surface area contributed by atoms with E-state index in [1.54, 1.807) is 72.9 Å². The number of carbonyl (C=O) groups excluding carboxylic acids is 6. The van der Waals surface area contributed by atoms with Gasteiger partial charge in [-0.25, -0.2) is 14.4 Å². The summed E-state index contributed by atoms with van der Waals surface area (Å²) >= 11 is 0. The Hall–Kier alpha value is -4.98. The van der Waals surface area contributed by atoms with Gasteiger partial charge in [-0.05, 0) is 115 Å². The first-order valence-electron chi connectivity index (χ1n) is 19.1. The molecule has 0 radical (unpaired) electrons. The Bertz CT molecular complexity index is 1860. The van der Waals surface area contributed by atoms with Crippen LogP contribution in [0.2, 0.25) is 0 Å². The van der Waals surface area contributed by atoms with Crippen LogP contribution in [0.15, 0.2) is 30.3 Å². The number of Topliss-reactive ketones (excluding diaryl/α,β-unsaturated/α-hetero) is 2. The Kier molecular flexibility index (Phi) is 12.8. The number of hydrogen-bond acceptors (Lipinski definition) is 12. The van der Waals surface area contributed by atoms with Crippen molar-refractivity contribution in [2.75, 3.05) is 33.4 Å². The first-order chi connectivity index (χ1) is 26.2. The second kappa shape index (κ2) is 17.0. The Morgan fingerprint density at radius 2 is 1.62 bits per heavy atom. The summed E-state index contributed by atoms with van der Waals surface area (Å²) in [7, 11) is 1.56. The largest absolute Gasteiger partial charge is 0.488 e. The summed E-state index contributed by atoms with van der Waals surface area (Å²) < 4.78 is 33.3. The van der Waals surface area contributed by atoms with Gasteiger partial charge in [0, 0.05) is 36.4 Å². The number of hydrogen-bond donors (Lipinski definition) is 0. The van der Waals surface area contributed by atoms with Gasteiger partial charge in [-0.2, -0.15) is 0 Å². The van der Waals surface area contributed by atoms with Crippen molar-refractivity contribution in [3.8, 4) is 16.9 Å². The minimum atomic E-state index is -1.03. The molecule has 0 bridgehead atoms. The molecular formula is C42H54N2O12. The number of esters is 2. The van der Waals surface area contributed by atoms with Crippen molar-refractivity contribution in [3.05, 3.63) is 52.6 Å². The number of ketones is 2. The number of carbonyl (C=O) groups is 6. The molecule has 14 heteroatoms. The molecule has 0 aromatic heterocycles. The fourth-order valence-electron chi connectivity index (χ4n) is 7.15. The van der Waals surface area contributed by atoms with Gasteiger partial charge in [0.15, 0.2) is 18.5 Å². The lowest BCUT2D eigenvalue weighted by molar-refractivity contribution is -0.149. The van der Waals surface area contributed by atoms with Crippen LogP contribution in [0, 0.1) is 5.92 Å². The smallest absolute Gasteiger partial charge is 0.411 e. The van der Waals surface area contributed by atoms with E-state index in [0.29, 0.717) is 42.7 Å². The van der Waals surface area contributed by atoms with Crippen molar-refractivity contribution < 1.29 is 57.2 Å². The van der Waals surface area contributed by atoms with Crippen molar-refractivity contribution in [3.63, 3.8) is 0 Å². The van der Waals surface area contributed by atoms with E-state index in [1.807, 2.05) is 19.9 Å². The fraction of sp³-hybridized carbons (Fsp3) is 0.571. The Balaban J connectivity index is 1.22. The van der Waals surface area contributed by atoms with E-state index in [0.717, 1.165) is 22.3 Å². The average molecular weight is 779 g/mol. The maximum absolute atomic E-state index is 13.6. The SMILES string of the molecule is COC[C@@H](C)CN(CC(=O)OC1CCc2cc3c(cc2C1=O)OCc1cc(C(=O)COC(=O)[C@@H]2CC[C@H](C)N2C(=O)OC(C)(C)C)ccc1-3)C(=O)OC(C)(C)C.